The van der Waals surface area contributed by atoms with Crippen LogP contribution in [0.3, 0.4) is 0 Å². The lowest BCUT2D eigenvalue weighted by Crippen LogP contribution is -2.31. The first-order valence-electron chi connectivity index (χ1n) is 19.0. The van der Waals surface area contributed by atoms with Crippen molar-refractivity contribution in [2.45, 2.75) is 25.7 Å². The fourth-order valence-corrected chi connectivity index (χ4v) is 5.81. The average Bonchev–Trinajstić information content (AvgIpc) is 3.27. The third-order valence-corrected chi connectivity index (χ3v) is 9.07. The molecule has 0 atom stereocenters. The summed E-state index contributed by atoms with van der Waals surface area (Å²) < 4.78 is 11.4. The van der Waals surface area contributed by atoms with Gasteiger partial charge in [0.05, 0.1) is 76.9 Å². The Hall–Kier alpha value is -7.42. The first kappa shape index (κ1) is 42.7. The number of anilines is 2. The average molecular weight is 793 g/mol. The van der Waals surface area contributed by atoms with Gasteiger partial charge in [-0.2, -0.15) is 31.0 Å². The van der Waals surface area contributed by atoms with E-state index in [0.29, 0.717) is 41.3 Å². The van der Waals surface area contributed by atoms with Gasteiger partial charge < -0.3 is 29.5 Å². The Kier molecular flexibility index (Phi) is 16.2. The Morgan fingerprint density at radius 3 is 1.61 bits per heavy atom. The van der Waals surface area contributed by atoms with Crippen molar-refractivity contribution in [1.82, 2.24) is 0 Å². The van der Waals surface area contributed by atoms with Gasteiger partial charge in [-0.1, -0.05) is 12.8 Å². The number of aromatic carboxylic acids is 1. The predicted molar refractivity (Wildman–Crippen MR) is 224 cm³/mol. The van der Waals surface area contributed by atoms with Crippen molar-refractivity contribution in [3.63, 3.8) is 0 Å². The quantitative estimate of drug-likeness (QED) is 0.0410. The molecule has 5 aromatic carbocycles. The second kappa shape index (κ2) is 22.4. The number of carboxylic acid groups (broad SMARTS) is 1. The van der Waals surface area contributed by atoms with Crippen molar-refractivity contribution in [3.05, 3.63) is 138 Å². The molecule has 0 amide bonds. The maximum atomic E-state index is 13.0. The van der Waals surface area contributed by atoms with Crippen LogP contribution in [0.15, 0.2) is 136 Å². The van der Waals surface area contributed by atoms with Crippen LogP contribution in [-0.2, 0) is 4.74 Å². The number of unbranched alkanes of at least 4 members (excludes halogenated alkanes) is 3. The van der Waals surface area contributed by atoms with Gasteiger partial charge in [-0.3, -0.25) is 0 Å². The number of esters is 1. The first-order chi connectivity index (χ1) is 28.7. The zero-order chi connectivity index (χ0) is 41.8. The zero-order valence-corrected chi connectivity index (χ0v) is 32.6. The van der Waals surface area contributed by atoms with Crippen molar-refractivity contribution >= 4 is 46.1 Å². The molecule has 0 unspecified atom stereocenters. The van der Waals surface area contributed by atoms with Crippen molar-refractivity contribution < 1.29 is 29.3 Å². The van der Waals surface area contributed by atoms with Gasteiger partial charge in [0.2, 0.25) is 0 Å². The molecule has 0 saturated carbocycles. The van der Waals surface area contributed by atoms with E-state index in [-0.39, 0.29) is 36.6 Å². The number of hydrogen-bond donors (Lipinski definition) is 2. The van der Waals surface area contributed by atoms with E-state index in [0.717, 1.165) is 49.3 Å². The standard InChI is InChI=1S/C45H44N8O6/c1-52(41-18-14-39(15-19-41)50-48-37-10-6-33(31-46)7-11-37)22-4-2-3-5-26-58-43-29-35(44(55)56)28-36(30-43)45(57)59-27-24-53(23-25-54)42-20-16-40(17-21-42)51-49-38-12-8-34(32-47)9-13-38/h6-21,28-30,54H,2-5,22-27H2,1H3,(H,55,56). The summed E-state index contributed by atoms with van der Waals surface area (Å²) in [5, 5.41) is 54.2. The summed E-state index contributed by atoms with van der Waals surface area (Å²) >= 11 is 0. The predicted octanol–water partition coefficient (Wildman–Crippen LogP) is 9.69. The van der Waals surface area contributed by atoms with Gasteiger partial charge in [-0.25, -0.2) is 9.59 Å². The molecule has 0 bridgehead atoms. The number of carbonyl (C=O) groups excluding carboxylic acids is 1. The number of nitrogens with zero attached hydrogens (tertiary/aromatic N) is 8. The molecule has 0 saturated heterocycles. The third-order valence-electron chi connectivity index (χ3n) is 9.07. The number of nitriles is 2. The Morgan fingerprint density at radius 2 is 1.10 bits per heavy atom. The van der Waals surface area contributed by atoms with Crippen LogP contribution in [0.1, 0.15) is 57.5 Å². The molecule has 0 aromatic heterocycles. The number of aliphatic hydroxyl groups is 1. The van der Waals surface area contributed by atoms with E-state index in [2.05, 4.69) is 37.5 Å². The summed E-state index contributed by atoms with van der Waals surface area (Å²) in [6.07, 6.45) is 3.60. The number of rotatable bonds is 21. The second-order valence-corrected chi connectivity index (χ2v) is 13.3. The van der Waals surface area contributed by atoms with E-state index in [9.17, 15) is 19.8 Å². The van der Waals surface area contributed by atoms with Crippen LogP contribution in [-0.4, -0.2) is 68.7 Å². The molecule has 14 nitrogen and oxygen atoms in total. The SMILES string of the molecule is CN(CCCCCCOc1cc(C(=O)O)cc(C(=O)OCCN(CCO)c2ccc(N=Nc3ccc(C#N)cc3)cc2)c1)c1ccc(N=Nc2ccc(C#N)cc2)cc1. The number of azo groups is 2. The molecular formula is C45H44N8O6. The minimum Gasteiger partial charge on any atom is -0.494 e. The smallest absolute Gasteiger partial charge is 0.338 e. The van der Waals surface area contributed by atoms with Crippen LogP contribution in [0, 0.1) is 22.7 Å². The Labute approximate surface area is 342 Å². The van der Waals surface area contributed by atoms with Crippen LogP contribution in [0.5, 0.6) is 5.75 Å². The molecule has 0 spiro atoms. The van der Waals surface area contributed by atoms with Crippen molar-refractivity contribution in [1.29, 1.82) is 10.5 Å². The fraction of sp³-hybridized carbons (Fsp3) is 0.244. The van der Waals surface area contributed by atoms with Gasteiger partial charge in [0, 0.05) is 31.5 Å². The Bertz CT molecular complexity index is 2280. The van der Waals surface area contributed by atoms with E-state index >= 15 is 0 Å². The minimum absolute atomic E-state index is 0.0139. The van der Waals surface area contributed by atoms with Gasteiger partial charge >= 0.3 is 11.9 Å². The summed E-state index contributed by atoms with van der Waals surface area (Å²) in [5.74, 6) is -1.61. The van der Waals surface area contributed by atoms with Crippen LogP contribution in [0.4, 0.5) is 34.1 Å². The lowest BCUT2D eigenvalue weighted by atomic mass is 10.1. The lowest BCUT2D eigenvalue weighted by Gasteiger charge is -2.23. The van der Waals surface area contributed by atoms with Gasteiger partial charge in [0.15, 0.2) is 0 Å². The third kappa shape index (κ3) is 13.6. The molecule has 0 aliphatic carbocycles. The van der Waals surface area contributed by atoms with Gasteiger partial charge in [0.1, 0.15) is 12.4 Å². The number of ether oxygens (including phenoxy) is 2. The van der Waals surface area contributed by atoms with Crippen molar-refractivity contribution in [3.8, 4) is 17.9 Å². The van der Waals surface area contributed by atoms with Crippen LogP contribution < -0.4 is 14.5 Å². The number of hydrogen-bond acceptors (Lipinski definition) is 13. The highest BCUT2D eigenvalue weighted by Crippen LogP contribution is 2.25. The van der Waals surface area contributed by atoms with Crippen LogP contribution >= 0.6 is 0 Å². The molecule has 2 N–H and O–H groups in total. The van der Waals surface area contributed by atoms with Crippen LogP contribution in [0.2, 0.25) is 0 Å². The lowest BCUT2D eigenvalue weighted by molar-refractivity contribution is 0.0514. The van der Waals surface area contributed by atoms with Crippen molar-refractivity contribution in [2.24, 2.45) is 20.5 Å². The molecular weight excluding hydrogens is 749 g/mol. The summed E-state index contributed by atoms with van der Waals surface area (Å²) in [5.41, 5.74) is 5.55. The molecule has 59 heavy (non-hydrogen) atoms. The molecule has 0 aliphatic rings. The number of carbonyl (C=O) groups is 2. The molecule has 0 heterocycles. The van der Waals surface area contributed by atoms with E-state index in [4.69, 9.17) is 20.0 Å². The first-order valence-corrected chi connectivity index (χ1v) is 19.0. The van der Waals surface area contributed by atoms with Gasteiger partial charge in [-0.15, -0.1) is 0 Å². The normalized spacial score (nSPS) is 10.9. The summed E-state index contributed by atoms with van der Waals surface area (Å²) in [6, 6.07) is 36.9. The second-order valence-electron chi connectivity index (χ2n) is 13.3. The molecule has 0 aliphatic heterocycles. The highest BCUT2D eigenvalue weighted by atomic mass is 16.5. The van der Waals surface area contributed by atoms with E-state index in [1.54, 1.807) is 60.7 Å². The summed E-state index contributed by atoms with van der Waals surface area (Å²) in [7, 11) is 2.04. The fourth-order valence-electron chi connectivity index (χ4n) is 5.81. The van der Waals surface area contributed by atoms with Crippen LogP contribution in [0.25, 0.3) is 0 Å². The molecule has 5 aromatic rings. The minimum atomic E-state index is -1.19. The Morgan fingerprint density at radius 1 is 0.610 bits per heavy atom. The van der Waals surface area contributed by atoms with E-state index in [1.165, 1.54) is 18.2 Å². The molecule has 0 fully saturated rings. The largest absolute Gasteiger partial charge is 0.494 e. The van der Waals surface area contributed by atoms with Gasteiger partial charge in [-0.05, 0) is 128 Å². The highest BCUT2D eigenvalue weighted by molar-refractivity contribution is 5.95. The van der Waals surface area contributed by atoms with Gasteiger partial charge in [0.25, 0.3) is 0 Å². The summed E-state index contributed by atoms with van der Waals surface area (Å²) in [4.78, 5) is 28.9. The number of carboxylic acids is 1. The molecule has 300 valence electrons. The maximum Gasteiger partial charge on any atom is 0.338 e. The van der Waals surface area contributed by atoms with Crippen molar-refractivity contribution in [2.75, 3.05) is 56.3 Å². The zero-order valence-electron chi connectivity index (χ0n) is 32.6. The van der Waals surface area contributed by atoms with E-state index in [1.807, 2.05) is 48.3 Å². The van der Waals surface area contributed by atoms with E-state index < -0.39 is 11.9 Å². The topological polar surface area (TPSA) is 197 Å². The highest BCUT2D eigenvalue weighted by Gasteiger charge is 2.16. The summed E-state index contributed by atoms with van der Waals surface area (Å²) in [6.45, 7) is 1.64. The molecule has 14 heteroatoms. The Balaban J connectivity index is 1.03. The molecule has 5 rings (SSSR count). The monoisotopic (exact) mass is 792 g/mol. The number of aliphatic hydroxyl groups excluding tert-OH is 1. The number of benzene rings is 5. The maximum absolute atomic E-state index is 13.0. The molecule has 0 radical (unpaired) electrons.